The second-order valence-corrected chi connectivity index (χ2v) is 8.16. The van der Waals surface area contributed by atoms with Gasteiger partial charge in [0.2, 0.25) is 0 Å². The quantitative estimate of drug-likeness (QED) is 0.416. The van der Waals surface area contributed by atoms with Gasteiger partial charge in [-0.1, -0.05) is 18.2 Å². The molecule has 0 atom stereocenters. The first-order valence-corrected chi connectivity index (χ1v) is 10.9. The average molecular weight is 459 g/mol. The number of carbonyl (C=O) groups is 2. The number of esters is 1. The van der Waals surface area contributed by atoms with E-state index in [1.807, 2.05) is 88.4 Å². The normalized spacial score (nSPS) is 11.0. The van der Waals surface area contributed by atoms with E-state index in [2.05, 4.69) is 20.4 Å². The monoisotopic (exact) mass is 458 g/mol. The number of ether oxygens (including phenoxy) is 1. The molecule has 1 amide bonds. The molecule has 0 saturated heterocycles. The van der Waals surface area contributed by atoms with Gasteiger partial charge in [0.25, 0.3) is 17.5 Å². The van der Waals surface area contributed by atoms with E-state index in [0.717, 1.165) is 22.8 Å². The minimum atomic E-state index is -0.776. The minimum Gasteiger partial charge on any atom is -0.450 e. The summed E-state index contributed by atoms with van der Waals surface area (Å²) in [5.74, 6) is -0.951. The van der Waals surface area contributed by atoms with Gasteiger partial charge in [0.05, 0.1) is 0 Å². The van der Waals surface area contributed by atoms with E-state index in [1.54, 1.807) is 4.90 Å². The fourth-order valence-electron chi connectivity index (χ4n) is 3.64. The largest absolute Gasteiger partial charge is 0.450 e. The summed E-state index contributed by atoms with van der Waals surface area (Å²) in [5.41, 5.74) is 4.14. The van der Waals surface area contributed by atoms with Crippen LogP contribution in [-0.2, 0) is 9.53 Å². The molecule has 1 N–H and O–H groups in total. The Balaban J connectivity index is 1.43. The van der Waals surface area contributed by atoms with Crippen LogP contribution in [0.2, 0.25) is 0 Å². The Morgan fingerprint density at radius 1 is 1.00 bits per heavy atom. The Hall–Kier alpha value is -4.27. The molecule has 0 saturated carbocycles. The average Bonchev–Trinajstić information content (AvgIpc) is 3.24. The summed E-state index contributed by atoms with van der Waals surface area (Å²) in [6.07, 6.45) is 0. The molecule has 0 aliphatic rings. The van der Waals surface area contributed by atoms with Crippen molar-refractivity contribution < 1.29 is 14.3 Å². The van der Waals surface area contributed by atoms with Gasteiger partial charge in [-0.25, -0.2) is 14.3 Å². The van der Waals surface area contributed by atoms with Crippen molar-refractivity contribution in [3.05, 3.63) is 77.9 Å². The highest BCUT2D eigenvalue weighted by molar-refractivity contribution is 5.97. The maximum atomic E-state index is 12.9. The van der Waals surface area contributed by atoms with Gasteiger partial charge in [-0.05, 0) is 70.2 Å². The lowest BCUT2D eigenvalue weighted by molar-refractivity contribution is -0.122. The number of hydrogen-bond acceptors (Lipinski definition) is 7. The number of anilines is 3. The smallest absolute Gasteiger partial charge is 0.378 e. The number of amides is 1. The number of rotatable bonds is 7. The molecular weight excluding hydrogens is 432 g/mol. The summed E-state index contributed by atoms with van der Waals surface area (Å²) in [4.78, 5) is 35.4. The molecular formula is C25H26N6O3. The summed E-state index contributed by atoms with van der Waals surface area (Å²) in [6.45, 7) is 7.05. The number of benzene rings is 2. The van der Waals surface area contributed by atoms with Crippen molar-refractivity contribution in [2.75, 3.05) is 16.8 Å². The molecule has 0 aliphatic carbocycles. The van der Waals surface area contributed by atoms with Crippen LogP contribution < -0.4 is 10.2 Å². The van der Waals surface area contributed by atoms with Crippen LogP contribution >= 0.6 is 0 Å². The Morgan fingerprint density at radius 3 is 2.35 bits per heavy atom. The van der Waals surface area contributed by atoms with E-state index >= 15 is 0 Å². The summed E-state index contributed by atoms with van der Waals surface area (Å²) in [5, 5.41) is 7.46. The van der Waals surface area contributed by atoms with E-state index in [1.165, 1.54) is 4.52 Å². The fraction of sp³-hybridized carbons (Fsp3) is 0.240. The third kappa shape index (κ3) is 5.03. The van der Waals surface area contributed by atoms with Crippen molar-refractivity contribution in [1.82, 2.24) is 19.6 Å². The van der Waals surface area contributed by atoms with Crippen molar-refractivity contribution in [3.8, 4) is 0 Å². The van der Waals surface area contributed by atoms with E-state index in [9.17, 15) is 9.59 Å². The molecule has 174 valence electrons. The molecule has 9 nitrogen and oxygen atoms in total. The number of fused-ring (bicyclic) bond motifs is 1. The van der Waals surface area contributed by atoms with Gasteiger partial charge in [-0.3, -0.25) is 4.79 Å². The molecule has 2 aromatic carbocycles. The molecule has 0 unspecified atom stereocenters. The third-order valence-electron chi connectivity index (χ3n) is 5.12. The van der Waals surface area contributed by atoms with Gasteiger partial charge in [0.1, 0.15) is 0 Å². The molecule has 2 aromatic heterocycles. The van der Waals surface area contributed by atoms with E-state index in [4.69, 9.17) is 4.74 Å². The Kier molecular flexibility index (Phi) is 6.53. The van der Waals surface area contributed by atoms with Crippen LogP contribution in [0, 0.1) is 13.8 Å². The summed E-state index contributed by atoms with van der Waals surface area (Å²) >= 11 is 0. The highest BCUT2D eigenvalue weighted by Crippen LogP contribution is 2.23. The maximum absolute atomic E-state index is 12.9. The lowest BCUT2D eigenvalue weighted by Crippen LogP contribution is -2.40. The zero-order chi connectivity index (χ0) is 24.2. The molecule has 4 aromatic rings. The predicted octanol–water partition coefficient (Wildman–Crippen LogP) is 4.08. The van der Waals surface area contributed by atoms with Gasteiger partial charge in [0.15, 0.2) is 6.61 Å². The summed E-state index contributed by atoms with van der Waals surface area (Å²) < 4.78 is 6.71. The van der Waals surface area contributed by atoms with Crippen LogP contribution in [0.4, 0.5) is 17.1 Å². The number of carbonyl (C=O) groups excluding carboxylic acids is 2. The Labute approximate surface area is 197 Å². The number of aromatic nitrogens is 4. The zero-order valence-electron chi connectivity index (χ0n) is 19.5. The minimum absolute atomic E-state index is 0.137. The van der Waals surface area contributed by atoms with Crippen LogP contribution in [0.3, 0.4) is 0 Å². The molecule has 0 aliphatic heterocycles. The molecule has 0 radical (unpaired) electrons. The van der Waals surface area contributed by atoms with Gasteiger partial charge in [-0.15, -0.1) is 5.10 Å². The van der Waals surface area contributed by atoms with Gasteiger partial charge in [0, 0.05) is 34.5 Å². The molecule has 4 rings (SSSR count). The number of hydrogen-bond donors (Lipinski definition) is 1. The van der Waals surface area contributed by atoms with Gasteiger partial charge in [-0.2, -0.15) is 4.98 Å². The van der Waals surface area contributed by atoms with E-state index in [-0.39, 0.29) is 17.8 Å². The summed E-state index contributed by atoms with van der Waals surface area (Å²) in [7, 11) is 0. The standard InChI is InChI=1S/C25H26N6O3/c1-16(2)30(21-12-10-20(11-13-21)27-19-8-6-5-7-9-19)22(32)15-34-24(33)23-28-25-26-17(3)14-18(4)31(25)29-23/h5-14,16,27H,15H2,1-4H3. The molecule has 9 heteroatoms. The van der Waals surface area contributed by atoms with Crippen molar-refractivity contribution in [1.29, 1.82) is 0 Å². The summed E-state index contributed by atoms with van der Waals surface area (Å²) in [6, 6.07) is 19.0. The first-order chi connectivity index (χ1) is 16.3. The van der Waals surface area contributed by atoms with Crippen LogP contribution in [0.5, 0.6) is 0 Å². The zero-order valence-corrected chi connectivity index (χ0v) is 19.5. The van der Waals surface area contributed by atoms with Crippen molar-refractivity contribution in [2.24, 2.45) is 0 Å². The third-order valence-corrected chi connectivity index (χ3v) is 5.12. The molecule has 2 heterocycles. The van der Waals surface area contributed by atoms with Crippen molar-refractivity contribution in [2.45, 2.75) is 33.7 Å². The predicted molar refractivity (Wildman–Crippen MR) is 129 cm³/mol. The Morgan fingerprint density at radius 2 is 1.68 bits per heavy atom. The van der Waals surface area contributed by atoms with E-state index in [0.29, 0.717) is 11.5 Å². The maximum Gasteiger partial charge on any atom is 0.378 e. The number of aryl methyl sites for hydroxylation is 2. The topological polar surface area (TPSA) is 102 Å². The molecule has 0 bridgehead atoms. The van der Waals surface area contributed by atoms with Crippen molar-refractivity contribution in [3.63, 3.8) is 0 Å². The second-order valence-electron chi connectivity index (χ2n) is 8.16. The highest BCUT2D eigenvalue weighted by atomic mass is 16.5. The van der Waals surface area contributed by atoms with Crippen LogP contribution in [-0.4, -0.2) is 44.1 Å². The molecule has 34 heavy (non-hydrogen) atoms. The van der Waals surface area contributed by atoms with Crippen LogP contribution in [0.1, 0.15) is 35.9 Å². The first-order valence-electron chi connectivity index (χ1n) is 10.9. The lowest BCUT2D eigenvalue weighted by Gasteiger charge is -2.27. The molecule has 0 fully saturated rings. The number of nitrogens with zero attached hydrogens (tertiary/aromatic N) is 5. The fourth-order valence-corrected chi connectivity index (χ4v) is 3.64. The number of nitrogens with one attached hydrogen (secondary N) is 1. The first kappa shape index (κ1) is 22.9. The van der Waals surface area contributed by atoms with E-state index < -0.39 is 12.6 Å². The number of para-hydroxylation sites is 1. The SMILES string of the molecule is Cc1cc(C)n2nc(C(=O)OCC(=O)N(c3ccc(Nc4ccccc4)cc3)C(C)C)nc2n1. The lowest BCUT2D eigenvalue weighted by atomic mass is 10.2. The molecule has 0 spiro atoms. The highest BCUT2D eigenvalue weighted by Gasteiger charge is 2.23. The van der Waals surface area contributed by atoms with Crippen molar-refractivity contribution >= 4 is 34.7 Å². The van der Waals surface area contributed by atoms with Gasteiger partial charge < -0.3 is 15.0 Å². The van der Waals surface area contributed by atoms with Crippen LogP contribution in [0.25, 0.3) is 5.78 Å². The van der Waals surface area contributed by atoms with Gasteiger partial charge >= 0.3 is 5.97 Å². The Bertz CT molecular complexity index is 1320. The van der Waals surface area contributed by atoms with Crippen LogP contribution in [0.15, 0.2) is 60.7 Å². The second kappa shape index (κ2) is 9.70.